The zero-order chi connectivity index (χ0) is 17.1. The molecule has 1 rings (SSSR count). The molecule has 130 valence electrons. The molecule has 0 heterocycles. The van der Waals surface area contributed by atoms with E-state index in [0.717, 1.165) is 25.2 Å². The lowest BCUT2D eigenvalue weighted by molar-refractivity contribution is 0.00236. The predicted octanol–water partition coefficient (Wildman–Crippen LogP) is 5.03. The van der Waals surface area contributed by atoms with Crippen LogP contribution < -0.4 is 0 Å². The van der Waals surface area contributed by atoms with E-state index in [-0.39, 0.29) is 12.1 Å². The summed E-state index contributed by atoms with van der Waals surface area (Å²) >= 11 is 0. The molecule has 3 heteroatoms. The Bertz CT molecular complexity index is 437. The Morgan fingerprint density at radius 1 is 1.04 bits per heavy atom. The van der Waals surface area contributed by atoms with Crippen LogP contribution in [0.4, 0.5) is 0 Å². The van der Waals surface area contributed by atoms with Crippen molar-refractivity contribution in [3.8, 4) is 0 Å². The van der Waals surface area contributed by atoms with Gasteiger partial charge in [0.15, 0.2) is 0 Å². The fraction of sp³-hybridized carbons (Fsp3) is 0.650. The zero-order valence-electron chi connectivity index (χ0n) is 15.1. The number of esters is 1. The number of unbranched alkanes of at least 4 members (excludes halogenated alkanes) is 2. The molecule has 1 unspecified atom stereocenters. The third kappa shape index (κ3) is 8.17. The van der Waals surface area contributed by atoms with E-state index in [1.54, 1.807) is 7.11 Å². The first-order chi connectivity index (χ1) is 11.1. The SMILES string of the molecule is CCc1ccc(C(=O)OC(CCCCCC(C)C)COC)cc1. The number of hydrogen-bond donors (Lipinski definition) is 0. The summed E-state index contributed by atoms with van der Waals surface area (Å²) in [6, 6.07) is 7.64. The van der Waals surface area contributed by atoms with Crippen LogP contribution in [0.3, 0.4) is 0 Å². The number of aryl methyl sites for hydroxylation is 1. The summed E-state index contributed by atoms with van der Waals surface area (Å²) in [4.78, 5) is 12.2. The fourth-order valence-corrected chi connectivity index (χ4v) is 2.56. The smallest absolute Gasteiger partial charge is 0.338 e. The molecule has 0 aromatic heterocycles. The Balaban J connectivity index is 2.42. The molecule has 0 saturated carbocycles. The highest BCUT2D eigenvalue weighted by atomic mass is 16.6. The van der Waals surface area contributed by atoms with Gasteiger partial charge in [-0.1, -0.05) is 52.2 Å². The minimum Gasteiger partial charge on any atom is -0.456 e. The molecule has 0 aliphatic heterocycles. The summed E-state index contributed by atoms with van der Waals surface area (Å²) in [6.45, 7) is 7.06. The fourth-order valence-electron chi connectivity index (χ4n) is 2.56. The van der Waals surface area contributed by atoms with E-state index in [0.29, 0.717) is 12.2 Å². The van der Waals surface area contributed by atoms with Gasteiger partial charge in [0.25, 0.3) is 0 Å². The maximum Gasteiger partial charge on any atom is 0.338 e. The molecule has 1 aromatic rings. The van der Waals surface area contributed by atoms with Crippen molar-refractivity contribution < 1.29 is 14.3 Å². The Hall–Kier alpha value is -1.35. The molecule has 23 heavy (non-hydrogen) atoms. The van der Waals surface area contributed by atoms with Crippen LogP contribution in [0.15, 0.2) is 24.3 Å². The maximum absolute atomic E-state index is 12.2. The van der Waals surface area contributed by atoms with Gasteiger partial charge < -0.3 is 9.47 Å². The first-order valence-electron chi connectivity index (χ1n) is 8.85. The second-order valence-corrected chi connectivity index (χ2v) is 6.56. The van der Waals surface area contributed by atoms with Crippen LogP contribution in [0, 0.1) is 5.92 Å². The number of ether oxygens (including phenoxy) is 2. The third-order valence-electron chi connectivity index (χ3n) is 4.03. The second-order valence-electron chi connectivity index (χ2n) is 6.56. The Kier molecular flexibility index (Phi) is 9.61. The molecule has 0 saturated heterocycles. The van der Waals surface area contributed by atoms with Crippen LogP contribution in [-0.2, 0) is 15.9 Å². The number of carbonyl (C=O) groups excluding carboxylic acids is 1. The summed E-state index contributed by atoms with van der Waals surface area (Å²) in [5.41, 5.74) is 1.84. The van der Waals surface area contributed by atoms with Crippen molar-refractivity contribution in [2.24, 2.45) is 5.92 Å². The minimum absolute atomic E-state index is 0.155. The highest BCUT2D eigenvalue weighted by Gasteiger charge is 2.15. The van der Waals surface area contributed by atoms with Gasteiger partial charge in [0.1, 0.15) is 6.10 Å². The topological polar surface area (TPSA) is 35.5 Å². The van der Waals surface area contributed by atoms with Crippen LogP contribution in [-0.4, -0.2) is 25.8 Å². The summed E-state index contributed by atoms with van der Waals surface area (Å²) in [5.74, 6) is 0.505. The summed E-state index contributed by atoms with van der Waals surface area (Å²) in [5, 5.41) is 0. The van der Waals surface area contributed by atoms with E-state index in [9.17, 15) is 4.79 Å². The number of carbonyl (C=O) groups is 1. The number of rotatable bonds is 11. The quantitative estimate of drug-likeness (QED) is 0.424. The number of methoxy groups -OCH3 is 1. The average Bonchev–Trinajstić information content (AvgIpc) is 2.54. The first kappa shape index (κ1) is 19.7. The average molecular weight is 320 g/mol. The van der Waals surface area contributed by atoms with E-state index >= 15 is 0 Å². The molecule has 0 fully saturated rings. The van der Waals surface area contributed by atoms with E-state index < -0.39 is 0 Å². The van der Waals surface area contributed by atoms with E-state index in [1.807, 2.05) is 24.3 Å². The maximum atomic E-state index is 12.2. The van der Waals surface area contributed by atoms with Gasteiger partial charge in [0, 0.05) is 7.11 Å². The van der Waals surface area contributed by atoms with Crippen LogP contribution in [0.25, 0.3) is 0 Å². The van der Waals surface area contributed by atoms with Crippen LogP contribution in [0.5, 0.6) is 0 Å². The Labute approximate surface area is 141 Å². The standard InChI is InChI=1S/C20H32O3/c1-5-17-11-13-18(14-12-17)20(21)23-19(15-22-4)10-8-6-7-9-16(2)3/h11-14,16,19H,5-10,15H2,1-4H3. The molecule has 1 aromatic carbocycles. The molecule has 1 atom stereocenters. The molecule has 0 amide bonds. The van der Waals surface area contributed by atoms with Crippen molar-refractivity contribution in [1.82, 2.24) is 0 Å². The van der Waals surface area contributed by atoms with Gasteiger partial charge in [0.05, 0.1) is 12.2 Å². The van der Waals surface area contributed by atoms with Crippen LogP contribution in [0.2, 0.25) is 0 Å². The largest absolute Gasteiger partial charge is 0.456 e. The van der Waals surface area contributed by atoms with E-state index in [2.05, 4.69) is 20.8 Å². The summed E-state index contributed by atoms with van der Waals surface area (Å²) in [6.07, 6.45) is 6.44. The molecular weight excluding hydrogens is 288 g/mol. The van der Waals surface area contributed by atoms with Crippen molar-refractivity contribution in [2.75, 3.05) is 13.7 Å². The van der Waals surface area contributed by atoms with Crippen LogP contribution >= 0.6 is 0 Å². The van der Waals surface area contributed by atoms with Gasteiger partial charge >= 0.3 is 5.97 Å². The second kappa shape index (κ2) is 11.2. The summed E-state index contributed by atoms with van der Waals surface area (Å²) < 4.78 is 10.8. The first-order valence-corrected chi connectivity index (χ1v) is 8.85. The molecular formula is C20H32O3. The Morgan fingerprint density at radius 2 is 1.70 bits per heavy atom. The molecule has 0 aliphatic carbocycles. The summed E-state index contributed by atoms with van der Waals surface area (Å²) in [7, 11) is 1.65. The normalized spacial score (nSPS) is 12.4. The number of benzene rings is 1. The van der Waals surface area contributed by atoms with Gasteiger partial charge in [-0.05, 0) is 42.9 Å². The lowest BCUT2D eigenvalue weighted by Gasteiger charge is -2.17. The molecule has 0 spiro atoms. The lowest BCUT2D eigenvalue weighted by Crippen LogP contribution is -2.23. The molecule has 0 bridgehead atoms. The van der Waals surface area contributed by atoms with Crippen molar-refractivity contribution in [3.05, 3.63) is 35.4 Å². The van der Waals surface area contributed by atoms with Gasteiger partial charge in [-0.2, -0.15) is 0 Å². The van der Waals surface area contributed by atoms with Gasteiger partial charge in [-0.15, -0.1) is 0 Å². The number of hydrogen-bond acceptors (Lipinski definition) is 3. The predicted molar refractivity (Wildman–Crippen MR) is 94.8 cm³/mol. The van der Waals surface area contributed by atoms with Crippen molar-refractivity contribution in [1.29, 1.82) is 0 Å². The van der Waals surface area contributed by atoms with Gasteiger partial charge in [-0.3, -0.25) is 0 Å². The lowest BCUT2D eigenvalue weighted by atomic mass is 10.0. The van der Waals surface area contributed by atoms with Crippen molar-refractivity contribution in [2.45, 2.75) is 65.4 Å². The molecule has 3 nitrogen and oxygen atoms in total. The zero-order valence-corrected chi connectivity index (χ0v) is 15.1. The minimum atomic E-state index is -0.253. The molecule has 0 N–H and O–H groups in total. The highest BCUT2D eigenvalue weighted by molar-refractivity contribution is 5.89. The van der Waals surface area contributed by atoms with Gasteiger partial charge in [-0.25, -0.2) is 4.79 Å². The van der Waals surface area contributed by atoms with Crippen molar-refractivity contribution in [3.63, 3.8) is 0 Å². The van der Waals surface area contributed by atoms with Crippen LogP contribution in [0.1, 0.15) is 68.8 Å². The van der Waals surface area contributed by atoms with E-state index in [1.165, 1.54) is 24.8 Å². The van der Waals surface area contributed by atoms with Gasteiger partial charge in [0.2, 0.25) is 0 Å². The van der Waals surface area contributed by atoms with Crippen molar-refractivity contribution >= 4 is 5.97 Å². The molecule has 0 aliphatic rings. The highest BCUT2D eigenvalue weighted by Crippen LogP contribution is 2.14. The van der Waals surface area contributed by atoms with E-state index in [4.69, 9.17) is 9.47 Å². The Morgan fingerprint density at radius 3 is 2.26 bits per heavy atom. The third-order valence-corrected chi connectivity index (χ3v) is 4.03. The molecule has 0 radical (unpaired) electrons. The monoisotopic (exact) mass is 320 g/mol.